The molecule has 1 saturated heterocycles. The van der Waals surface area contributed by atoms with E-state index in [1.807, 2.05) is 0 Å². The van der Waals surface area contributed by atoms with Crippen molar-refractivity contribution < 1.29 is 9.31 Å². The van der Waals surface area contributed by atoms with E-state index >= 15 is 0 Å². The van der Waals surface area contributed by atoms with E-state index in [4.69, 9.17) is 9.31 Å². The second kappa shape index (κ2) is 8.44. The molecule has 18 heavy (non-hydrogen) atoms. The molecule has 0 amide bonds. The van der Waals surface area contributed by atoms with Crippen molar-refractivity contribution in [2.75, 3.05) is 13.2 Å². The Kier molecular flexibility index (Phi) is 7.65. The van der Waals surface area contributed by atoms with Crippen LogP contribution in [0, 0.1) is 0 Å². The number of rotatable bonds is 7. The van der Waals surface area contributed by atoms with Gasteiger partial charge in [-0.05, 0) is 0 Å². The van der Waals surface area contributed by atoms with Crippen LogP contribution in [0.4, 0.5) is 0 Å². The Labute approximate surface area is 116 Å². The van der Waals surface area contributed by atoms with Gasteiger partial charge in [-0.2, -0.15) is 0 Å². The first-order valence-electron chi connectivity index (χ1n) is 7.49. The summed E-state index contributed by atoms with van der Waals surface area (Å²) in [6.45, 7) is 3.97. The van der Waals surface area contributed by atoms with E-state index in [0.717, 1.165) is 19.6 Å². The Morgan fingerprint density at radius 3 is 2.33 bits per heavy atom. The monoisotopic (exact) mass is 314 g/mol. The normalized spacial score (nSPS) is 18.2. The predicted octanol–water partition coefficient (Wildman–Crippen LogP) is 4.22. The molecule has 1 fully saturated rings. The summed E-state index contributed by atoms with van der Waals surface area (Å²) >= 11 is -1.84. The van der Waals surface area contributed by atoms with Gasteiger partial charge in [-0.3, -0.25) is 0 Å². The topological polar surface area (TPSA) is 18.5 Å². The van der Waals surface area contributed by atoms with Crippen molar-refractivity contribution in [2.45, 2.75) is 62.7 Å². The minimum atomic E-state index is -1.84. The third-order valence-electron chi connectivity index (χ3n) is 3.37. The molecule has 0 unspecified atom stereocenters. The van der Waals surface area contributed by atoms with Crippen molar-refractivity contribution in [2.24, 2.45) is 0 Å². The van der Waals surface area contributed by atoms with E-state index < -0.39 is 13.3 Å². The van der Waals surface area contributed by atoms with Crippen LogP contribution in [-0.4, -0.2) is 33.6 Å². The third-order valence-corrected chi connectivity index (χ3v) is 7.93. The van der Waals surface area contributed by atoms with Crippen LogP contribution in [0.2, 0.25) is 17.3 Å². The van der Waals surface area contributed by atoms with Crippen molar-refractivity contribution in [1.29, 1.82) is 0 Å². The average molecular weight is 313 g/mol. The van der Waals surface area contributed by atoms with Gasteiger partial charge < -0.3 is 0 Å². The van der Waals surface area contributed by atoms with Crippen molar-refractivity contribution in [3.8, 4) is 0 Å². The first-order valence-corrected chi connectivity index (χ1v) is 14.8. The maximum absolute atomic E-state index is 5.80. The second-order valence-electron chi connectivity index (χ2n) is 6.19. The number of allylic oxidation sites excluding steroid dienone is 1. The molecule has 0 aromatic heterocycles. The third kappa shape index (κ3) is 5.94. The number of hydrogen-bond donors (Lipinski definition) is 0. The maximum atomic E-state index is 5.80. The van der Waals surface area contributed by atoms with E-state index in [9.17, 15) is 0 Å². The second-order valence-corrected chi connectivity index (χ2v) is 16.8. The molecule has 0 radical (unpaired) electrons. The Balaban J connectivity index is 2.51. The summed E-state index contributed by atoms with van der Waals surface area (Å²) in [5, 5.41) is 0. The molecule has 0 aliphatic carbocycles. The summed E-state index contributed by atoms with van der Waals surface area (Å²) in [5.74, 6) is 7.29. The van der Waals surface area contributed by atoms with Gasteiger partial charge in [0.15, 0.2) is 0 Å². The van der Waals surface area contributed by atoms with Gasteiger partial charge in [0, 0.05) is 0 Å². The van der Waals surface area contributed by atoms with Crippen LogP contribution in [0.15, 0.2) is 10.4 Å². The van der Waals surface area contributed by atoms with E-state index in [0.29, 0.717) is 0 Å². The van der Waals surface area contributed by atoms with Gasteiger partial charge in [-0.25, -0.2) is 0 Å². The van der Waals surface area contributed by atoms with Gasteiger partial charge >= 0.3 is 116 Å². The molecule has 1 aliphatic rings. The Morgan fingerprint density at radius 2 is 1.78 bits per heavy atom. The van der Waals surface area contributed by atoms with Crippen LogP contribution in [0.25, 0.3) is 0 Å². The average Bonchev–Trinajstić information content (AvgIpc) is 2.33. The standard InChI is InChI=1S/C14H29BGeO2/c1-5-6-7-8-9-11-14(16(2,3)4)15-17-12-10-13-18-15/h11H,5-10,12-13H2,1-4H3/b14-11+. The van der Waals surface area contributed by atoms with Crippen LogP contribution in [-0.2, 0) is 9.31 Å². The fraction of sp³-hybridized carbons (Fsp3) is 0.857. The molecular weight excluding hydrogens is 284 g/mol. The number of unbranched alkanes of at least 4 members (excludes halogenated alkanes) is 4. The molecule has 4 heteroatoms. The van der Waals surface area contributed by atoms with Crippen LogP contribution >= 0.6 is 0 Å². The van der Waals surface area contributed by atoms with Gasteiger partial charge in [0.2, 0.25) is 0 Å². The zero-order chi connectivity index (χ0) is 13.4. The Hall–Kier alpha value is 0.268. The predicted molar refractivity (Wildman–Crippen MR) is 82.5 cm³/mol. The van der Waals surface area contributed by atoms with Gasteiger partial charge in [-0.15, -0.1) is 0 Å². The summed E-state index contributed by atoms with van der Waals surface area (Å²) in [6.07, 6.45) is 10.00. The fourth-order valence-corrected chi connectivity index (χ4v) is 5.67. The molecule has 104 valence electrons. The van der Waals surface area contributed by atoms with Gasteiger partial charge in [0.25, 0.3) is 0 Å². The van der Waals surface area contributed by atoms with Crippen LogP contribution in [0.5, 0.6) is 0 Å². The van der Waals surface area contributed by atoms with Gasteiger partial charge in [0.05, 0.1) is 0 Å². The van der Waals surface area contributed by atoms with E-state index in [1.54, 1.807) is 0 Å². The molecule has 0 spiro atoms. The van der Waals surface area contributed by atoms with E-state index in [2.05, 4.69) is 30.3 Å². The zero-order valence-corrected chi connectivity index (χ0v) is 14.7. The molecule has 0 saturated carbocycles. The number of hydrogen-bond acceptors (Lipinski definition) is 2. The molecular formula is C14H29BGeO2. The molecule has 1 aliphatic heterocycles. The van der Waals surface area contributed by atoms with Gasteiger partial charge in [-0.1, -0.05) is 0 Å². The molecule has 0 bridgehead atoms. The molecule has 0 aromatic rings. The fourth-order valence-electron chi connectivity index (χ4n) is 2.25. The first kappa shape index (κ1) is 16.3. The minimum absolute atomic E-state index is 0.0232. The van der Waals surface area contributed by atoms with E-state index in [-0.39, 0.29) is 7.12 Å². The van der Waals surface area contributed by atoms with Crippen molar-refractivity contribution in [1.82, 2.24) is 0 Å². The van der Waals surface area contributed by atoms with Crippen LogP contribution in [0.3, 0.4) is 0 Å². The van der Waals surface area contributed by atoms with Crippen molar-refractivity contribution in [3.05, 3.63) is 10.4 Å². The first-order chi connectivity index (χ1) is 8.55. The molecule has 1 heterocycles. The summed E-state index contributed by atoms with van der Waals surface area (Å²) in [5.41, 5.74) is 0. The van der Waals surface area contributed by atoms with Crippen molar-refractivity contribution in [3.63, 3.8) is 0 Å². The van der Waals surface area contributed by atoms with E-state index in [1.165, 1.54) is 36.4 Å². The molecule has 2 nitrogen and oxygen atoms in total. The Bertz CT molecular complexity index is 255. The summed E-state index contributed by atoms with van der Waals surface area (Å²) in [7, 11) is -0.0232. The summed E-state index contributed by atoms with van der Waals surface area (Å²) in [4.78, 5) is 0. The summed E-state index contributed by atoms with van der Waals surface area (Å²) < 4.78 is 13.1. The van der Waals surface area contributed by atoms with Crippen LogP contribution in [0.1, 0.15) is 45.4 Å². The SMILES string of the molecule is CCCCCC/C=[C](\B1OCCCO1)[Ge]([CH3])([CH3])[CH3]. The van der Waals surface area contributed by atoms with Crippen molar-refractivity contribution >= 4 is 20.4 Å². The Morgan fingerprint density at radius 1 is 1.11 bits per heavy atom. The molecule has 0 atom stereocenters. The zero-order valence-electron chi connectivity index (χ0n) is 12.6. The van der Waals surface area contributed by atoms with Gasteiger partial charge in [0.1, 0.15) is 0 Å². The summed E-state index contributed by atoms with van der Waals surface area (Å²) in [6, 6.07) is 0. The molecule has 1 rings (SSSR count). The molecule has 0 aromatic carbocycles. The van der Waals surface area contributed by atoms with Crippen LogP contribution < -0.4 is 0 Å². The quantitative estimate of drug-likeness (QED) is 0.517. The molecule has 0 N–H and O–H groups in total.